The highest BCUT2D eigenvalue weighted by molar-refractivity contribution is 9.10. The number of benzene rings is 5. The summed E-state index contributed by atoms with van der Waals surface area (Å²) in [6.07, 6.45) is 0. The van der Waals surface area contributed by atoms with Crippen molar-refractivity contribution in [1.29, 1.82) is 0 Å². The Balaban J connectivity index is 1.62. The predicted molar refractivity (Wildman–Crippen MR) is 144 cm³/mol. The van der Waals surface area contributed by atoms with Crippen molar-refractivity contribution in [2.24, 2.45) is 0 Å². The number of hydrogen-bond acceptors (Lipinski definition) is 2. The van der Waals surface area contributed by atoms with E-state index >= 15 is 0 Å². The molecule has 0 aliphatic heterocycles. The Morgan fingerprint density at radius 3 is 1.15 bits per heavy atom. The van der Waals surface area contributed by atoms with Gasteiger partial charge in [0.1, 0.15) is 0 Å². The van der Waals surface area contributed by atoms with Gasteiger partial charge in [0, 0.05) is 20.1 Å². The van der Waals surface area contributed by atoms with Crippen molar-refractivity contribution >= 4 is 65.0 Å². The van der Waals surface area contributed by atoms with Crippen LogP contribution in [0.15, 0.2) is 106 Å². The Hall–Kier alpha value is -3.08. The first-order valence-corrected chi connectivity index (χ1v) is 12.7. The molecule has 1 aliphatic carbocycles. The number of hydrogen-bond donors (Lipinski definition) is 0. The number of Topliss-reactive ketones (excluding diaryl/α,β-unsaturated/α-hetero) is 2. The quantitative estimate of drug-likeness (QED) is 0.161. The zero-order valence-electron chi connectivity index (χ0n) is 18.0. The topological polar surface area (TPSA) is 34.1 Å². The molecule has 0 saturated carbocycles. The highest BCUT2D eigenvalue weighted by Gasteiger charge is 2.49. The smallest absolute Gasteiger partial charge is 0.171 e. The van der Waals surface area contributed by atoms with Gasteiger partial charge in [-0.1, -0.05) is 105 Å². The van der Waals surface area contributed by atoms with Gasteiger partial charge in [-0.2, -0.15) is 0 Å². The van der Waals surface area contributed by atoms with Gasteiger partial charge in [0.2, 0.25) is 0 Å². The summed E-state index contributed by atoms with van der Waals surface area (Å²) in [6, 6.07) is 31.2. The maximum atomic E-state index is 13.9. The molecule has 0 N–H and O–H groups in total. The molecule has 0 aromatic heterocycles. The lowest BCUT2D eigenvalue weighted by Gasteiger charge is -2.40. The van der Waals surface area contributed by atoms with E-state index in [2.05, 4.69) is 56.1 Å². The Kier molecular flexibility index (Phi) is 5.23. The molecule has 34 heavy (non-hydrogen) atoms. The van der Waals surface area contributed by atoms with Crippen molar-refractivity contribution < 1.29 is 9.59 Å². The van der Waals surface area contributed by atoms with E-state index in [0.29, 0.717) is 11.1 Å². The fourth-order valence-electron chi connectivity index (χ4n) is 5.26. The van der Waals surface area contributed by atoms with E-state index in [0.717, 1.165) is 41.6 Å². The van der Waals surface area contributed by atoms with Crippen molar-refractivity contribution in [3.8, 4) is 0 Å². The van der Waals surface area contributed by atoms with Gasteiger partial charge in [-0.3, -0.25) is 9.59 Å². The molecule has 2 nitrogen and oxygen atoms in total. The zero-order valence-corrected chi connectivity index (χ0v) is 21.1. The molecule has 6 rings (SSSR count). The fourth-order valence-corrected chi connectivity index (χ4v) is 5.78. The first kappa shape index (κ1) is 21.5. The van der Waals surface area contributed by atoms with Gasteiger partial charge in [0.25, 0.3) is 0 Å². The largest absolute Gasteiger partial charge is 0.293 e. The number of rotatable bonds is 4. The molecule has 0 spiro atoms. The Labute approximate surface area is 213 Å². The second kappa shape index (κ2) is 8.30. The van der Waals surface area contributed by atoms with E-state index in [1.54, 1.807) is 0 Å². The molecule has 2 atom stereocenters. The molecular weight excluding hydrogens is 552 g/mol. The van der Waals surface area contributed by atoms with E-state index < -0.39 is 11.8 Å². The molecule has 0 fully saturated rings. The molecule has 0 bridgehead atoms. The van der Waals surface area contributed by atoms with Crippen LogP contribution in [0.3, 0.4) is 0 Å². The lowest BCUT2D eigenvalue weighted by Crippen LogP contribution is -2.36. The lowest BCUT2D eigenvalue weighted by molar-refractivity contribution is 0.0846. The fraction of sp³-hybridized carbons (Fsp3) is 0.0667. The van der Waals surface area contributed by atoms with Gasteiger partial charge in [-0.25, -0.2) is 0 Å². The molecule has 2 unspecified atom stereocenters. The van der Waals surface area contributed by atoms with Gasteiger partial charge < -0.3 is 0 Å². The zero-order chi connectivity index (χ0) is 23.4. The summed E-state index contributed by atoms with van der Waals surface area (Å²) < 4.78 is 1.83. The summed E-state index contributed by atoms with van der Waals surface area (Å²) in [5.74, 6) is -1.09. The Morgan fingerprint density at radius 2 is 0.794 bits per heavy atom. The lowest BCUT2D eigenvalue weighted by atomic mass is 9.60. The Bertz CT molecular complexity index is 1480. The monoisotopic (exact) mass is 568 g/mol. The molecule has 164 valence electrons. The third-order valence-corrected chi connectivity index (χ3v) is 7.85. The normalized spacial score (nSPS) is 16.8. The van der Waals surface area contributed by atoms with E-state index in [-0.39, 0.29) is 11.6 Å². The van der Waals surface area contributed by atoms with Crippen LogP contribution in [0.1, 0.15) is 43.7 Å². The first-order chi connectivity index (χ1) is 16.5. The average Bonchev–Trinajstić information content (AvgIpc) is 2.85. The highest BCUT2D eigenvalue weighted by Crippen LogP contribution is 2.56. The van der Waals surface area contributed by atoms with Gasteiger partial charge in [0.05, 0.1) is 11.8 Å². The van der Waals surface area contributed by atoms with Gasteiger partial charge >= 0.3 is 0 Å². The minimum absolute atomic E-state index is 0.0177. The summed E-state index contributed by atoms with van der Waals surface area (Å²) in [5, 5.41) is 4.32. The van der Waals surface area contributed by atoms with Crippen molar-refractivity contribution in [2.75, 3.05) is 0 Å². The number of halogens is 2. The highest BCUT2D eigenvalue weighted by atomic mass is 79.9. The van der Waals surface area contributed by atoms with Gasteiger partial charge in [-0.15, -0.1) is 0 Å². The molecular formula is C30H18Br2O2. The van der Waals surface area contributed by atoms with Crippen molar-refractivity contribution in [3.63, 3.8) is 0 Å². The molecule has 1 aliphatic rings. The maximum Gasteiger partial charge on any atom is 0.171 e. The number of carbonyl (C=O) groups excluding carboxylic acids is 2. The number of fused-ring (bicyclic) bond motifs is 6. The van der Waals surface area contributed by atoms with Gasteiger partial charge in [-0.05, 0) is 56.9 Å². The molecule has 0 amide bonds. The summed E-state index contributed by atoms with van der Waals surface area (Å²) in [6.45, 7) is 0. The van der Waals surface area contributed by atoms with Crippen LogP contribution in [0.25, 0.3) is 21.5 Å². The van der Waals surface area contributed by atoms with Crippen molar-refractivity contribution in [3.05, 3.63) is 128 Å². The first-order valence-electron chi connectivity index (χ1n) is 11.1. The van der Waals surface area contributed by atoms with Crippen LogP contribution in [-0.2, 0) is 0 Å². The second-order valence-electron chi connectivity index (χ2n) is 8.62. The van der Waals surface area contributed by atoms with Crippen molar-refractivity contribution in [2.45, 2.75) is 11.8 Å². The number of ketones is 2. The van der Waals surface area contributed by atoms with E-state index in [9.17, 15) is 9.59 Å². The Morgan fingerprint density at radius 1 is 0.471 bits per heavy atom. The molecule has 5 aromatic carbocycles. The number of carbonyl (C=O) groups is 2. The van der Waals surface area contributed by atoms with E-state index in [1.165, 1.54) is 0 Å². The average molecular weight is 570 g/mol. The van der Waals surface area contributed by atoms with Crippen molar-refractivity contribution in [1.82, 2.24) is 0 Å². The minimum Gasteiger partial charge on any atom is -0.293 e. The van der Waals surface area contributed by atoms with E-state index in [4.69, 9.17) is 0 Å². The second-order valence-corrected chi connectivity index (χ2v) is 10.4. The molecule has 0 saturated heterocycles. The van der Waals surface area contributed by atoms with Crippen LogP contribution in [0.2, 0.25) is 0 Å². The van der Waals surface area contributed by atoms with Crippen LogP contribution in [-0.4, -0.2) is 11.6 Å². The maximum absolute atomic E-state index is 13.9. The van der Waals surface area contributed by atoms with Crippen LogP contribution in [0, 0.1) is 0 Å². The van der Waals surface area contributed by atoms with Crippen LogP contribution in [0.4, 0.5) is 0 Å². The van der Waals surface area contributed by atoms with Gasteiger partial charge in [0.15, 0.2) is 11.6 Å². The standard InChI is InChI=1S/C30H18Br2O2/c31-19-13-9-17(10-14-19)29(33)27-25-23-7-3-1-5-21(23)22-6-2-4-8-24(22)26(25)28(27)30(34)18-11-15-20(32)16-12-18/h1-16,27-28H. The summed E-state index contributed by atoms with van der Waals surface area (Å²) in [4.78, 5) is 27.8. The third-order valence-electron chi connectivity index (χ3n) is 6.79. The minimum atomic E-state index is -0.526. The molecule has 5 aromatic rings. The predicted octanol–water partition coefficient (Wildman–Crippen LogP) is 8.46. The molecule has 0 heterocycles. The SMILES string of the molecule is O=C(c1ccc(Br)cc1)C1c2c(c3ccccc3c3ccccc23)C1C(=O)c1ccc(Br)cc1. The summed E-state index contributed by atoms with van der Waals surface area (Å²) in [5.41, 5.74) is 3.20. The summed E-state index contributed by atoms with van der Waals surface area (Å²) in [7, 11) is 0. The summed E-state index contributed by atoms with van der Waals surface area (Å²) >= 11 is 6.90. The van der Waals surface area contributed by atoms with Crippen LogP contribution < -0.4 is 0 Å². The molecule has 4 heteroatoms. The third kappa shape index (κ3) is 3.28. The van der Waals surface area contributed by atoms with Crippen LogP contribution >= 0.6 is 31.9 Å². The molecule has 0 radical (unpaired) electrons. The van der Waals surface area contributed by atoms with E-state index in [1.807, 2.05) is 72.8 Å². The van der Waals surface area contributed by atoms with Crippen LogP contribution in [0.5, 0.6) is 0 Å².